The number of hydrogen-bond acceptors (Lipinski definition) is 1. The lowest BCUT2D eigenvalue weighted by molar-refractivity contribution is 0.668. The number of benzene rings is 1. The Kier molecular flexibility index (Phi) is 3.92. The van der Waals surface area contributed by atoms with E-state index in [4.69, 9.17) is 0 Å². The molecule has 0 saturated carbocycles. The van der Waals surface area contributed by atoms with Crippen molar-refractivity contribution in [3.8, 4) is 0 Å². The Morgan fingerprint density at radius 3 is 2.88 bits per heavy atom. The molecule has 0 aliphatic heterocycles. The molecule has 0 aliphatic carbocycles. The van der Waals surface area contributed by atoms with Crippen molar-refractivity contribution in [2.45, 2.75) is 39.0 Å². The summed E-state index contributed by atoms with van der Waals surface area (Å²) >= 11 is 0. The number of fused-ring (bicyclic) bond motifs is 1. The number of pyridine rings is 1. The Bertz CT molecular complexity index is 443. The molecule has 2 rings (SSSR count). The monoisotopic (exact) mass is 213 g/mol. The molecular formula is C15H19N. The summed E-state index contributed by atoms with van der Waals surface area (Å²) in [6, 6.07) is 8.65. The van der Waals surface area contributed by atoms with E-state index in [1.54, 1.807) is 0 Å². The molecule has 0 unspecified atom stereocenters. The second-order valence-corrected chi connectivity index (χ2v) is 4.32. The third-order valence-corrected chi connectivity index (χ3v) is 3.07. The predicted molar refractivity (Wildman–Crippen MR) is 69.6 cm³/mol. The van der Waals surface area contributed by atoms with Crippen LogP contribution in [0.4, 0.5) is 0 Å². The molecule has 0 spiro atoms. The van der Waals surface area contributed by atoms with Gasteiger partial charge in [-0.15, -0.1) is 0 Å². The zero-order valence-electron chi connectivity index (χ0n) is 9.95. The van der Waals surface area contributed by atoms with E-state index in [0.29, 0.717) is 0 Å². The van der Waals surface area contributed by atoms with Crippen LogP contribution < -0.4 is 0 Å². The molecule has 1 heteroatoms. The van der Waals surface area contributed by atoms with Crippen molar-refractivity contribution in [2.75, 3.05) is 0 Å². The van der Waals surface area contributed by atoms with Crippen molar-refractivity contribution in [1.29, 1.82) is 0 Å². The second-order valence-electron chi connectivity index (χ2n) is 4.32. The average molecular weight is 213 g/mol. The summed E-state index contributed by atoms with van der Waals surface area (Å²) in [7, 11) is 0. The number of hydrogen-bond donors (Lipinski definition) is 0. The van der Waals surface area contributed by atoms with Gasteiger partial charge >= 0.3 is 0 Å². The molecule has 84 valence electrons. The van der Waals surface area contributed by atoms with Gasteiger partial charge in [0.2, 0.25) is 0 Å². The van der Waals surface area contributed by atoms with Crippen LogP contribution in [0.5, 0.6) is 0 Å². The molecule has 16 heavy (non-hydrogen) atoms. The third-order valence-electron chi connectivity index (χ3n) is 3.07. The SMILES string of the molecule is CCCCCCc1cccc2cnccc12. The molecule has 0 bridgehead atoms. The third kappa shape index (κ3) is 2.60. The van der Waals surface area contributed by atoms with Gasteiger partial charge in [-0.05, 0) is 29.9 Å². The highest BCUT2D eigenvalue weighted by molar-refractivity contribution is 5.84. The van der Waals surface area contributed by atoms with E-state index in [9.17, 15) is 0 Å². The molecule has 0 amide bonds. The maximum Gasteiger partial charge on any atom is 0.0346 e. The van der Waals surface area contributed by atoms with Gasteiger partial charge in [-0.1, -0.05) is 44.4 Å². The fraction of sp³-hybridized carbons (Fsp3) is 0.400. The molecule has 0 N–H and O–H groups in total. The highest BCUT2D eigenvalue weighted by Crippen LogP contribution is 2.19. The Morgan fingerprint density at radius 1 is 1.06 bits per heavy atom. The lowest BCUT2D eigenvalue weighted by Gasteiger charge is -2.05. The summed E-state index contributed by atoms with van der Waals surface area (Å²) < 4.78 is 0. The predicted octanol–water partition coefficient (Wildman–Crippen LogP) is 4.36. The Balaban J connectivity index is 2.11. The molecule has 1 heterocycles. The van der Waals surface area contributed by atoms with Crippen molar-refractivity contribution in [3.63, 3.8) is 0 Å². The van der Waals surface area contributed by atoms with Gasteiger partial charge in [-0.2, -0.15) is 0 Å². The Hall–Kier alpha value is -1.37. The second kappa shape index (κ2) is 5.64. The zero-order valence-corrected chi connectivity index (χ0v) is 9.95. The summed E-state index contributed by atoms with van der Waals surface area (Å²) in [5, 5.41) is 2.63. The number of aryl methyl sites for hydroxylation is 1. The first-order valence-electron chi connectivity index (χ1n) is 6.23. The maximum absolute atomic E-state index is 4.16. The van der Waals surface area contributed by atoms with Crippen LogP contribution in [-0.2, 0) is 6.42 Å². The normalized spacial score (nSPS) is 10.8. The first-order valence-corrected chi connectivity index (χ1v) is 6.23. The van der Waals surface area contributed by atoms with Gasteiger partial charge in [-0.3, -0.25) is 4.98 Å². The molecule has 0 aliphatic rings. The quantitative estimate of drug-likeness (QED) is 0.672. The van der Waals surface area contributed by atoms with Gasteiger partial charge in [-0.25, -0.2) is 0 Å². The van der Waals surface area contributed by atoms with Crippen LogP contribution in [0.1, 0.15) is 38.2 Å². The van der Waals surface area contributed by atoms with Crippen molar-refractivity contribution in [3.05, 3.63) is 42.2 Å². The van der Waals surface area contributed by atoms with E-state index in [-0.39, 0.29) is 0 Å². The Labute approximate surface area is 97.5 Å². The summed E-state index contributed by atoms with van der Waals surface area (Å²) in [6.07, 6.45) is 10.3. The summed E-state index contributed by atoms with van der Waals surface area (Å²) in [5.41, 5.74) is 1.47. The molecular weight excluding hydrogens is 194 g/mol. The van der Waals surface area contributed by atoms with E-state index in [1.165, 1.54) is 48.4 Å². The van der Waals surface area contributed by atoms with Gasteiger partial charge < -0.3 is 0 Å². The summed E-state index contributed by atoms with van der Waals surface area (Å²) in [5.74, 6) is 0. The van der Waals surface area contributed by atoms with E-state index in [2.05, 4.69) is 36.2 Å². The standard InChI is InChI=1S/C15H19N/c1-2-3-4-5-7-13-8-6-9-14-12-16-11-10-15(13)14/h6,8-12H,2-5,7H2,1H3. The molecule has 0 saturated heterocycles. The van der Waals surface area contributed by atoms with Crippen LogP contribution in [0.2, 0.25) is 0 Å². The molecule has 1 aromatic carbocycles. The van der Waals surface area contributed by atoms with Crippen molar-refractivity contribution in [2.24, 2.45) is 0 Å². The fourth-order valence-electron chi connectivity index (χ4n) is 2.15. The van der Waals surface area contributed by atoms with Gasteiger partial charge in [0.1, 0.15) is 0 Å². The van der Waals surface area contributed by atoms with Crippen molar-refractivity contribution >= 4 is 10.8 Å². The van der Waals surface area contributed by atoms with Crippen LogP contribution in [-0.4, -0.2) is 4.98 Å². The first-order chi connectivity index (χ1) is 7.92. The van der Waals surface area contributed by atoms with E-state index >= 15 is 0 Å². The van der Waals surface area contributed by atoms with Crippen LogP contribution in [0.3, 0.4) is 0 Å². The summed E-state index contributed by atoms with van der Waals surface area (Å²) in [4.78, 5) is 4.16. The Morgan fingerprint density at radius 2 is 2.00 bits per heavy atom. The molecule has 2 aromatic rings. The molecule has 1 nitrogen and oxygen atoms in total. The number of nitrogens with zero attached hydrogens (tertiary/aromatic N) is 1. The van der Waals surface area contributed by atoms with Crippen molar-refractivity contribution in [1.82, 2.24) is 4.98 Å². The van der Waals surface area contributed by atoms with Crippen LogP contribution in [0.25, 0.3) is 10.8 Å². The van der Waals surface area contributed by atoms with E-state index < -0.39 is 0 Å². The molecule has 0 radical (unpaired) electrons. The zero-order chi connectivity index (χ0) is 11.2. The largest absolute Gasteiger partial charge is 0.264 e. The molecule has 0 atom stereocenters. The van der Waals surface area contributed by atoms with E-state index in [1.807, 2.05) is 12.4 Å². The first kappa shape index (κ1) is 11.1. The minimum absolute atomic E-state index is 1.20. The highest BCUT2D eigenvalue weighted by Gasteiger charge is 1.99. The van der Waals surface area contributed by atoms with Gasteiger partial charge in [0.15, 0.2) is 0 Å². The smallest absolute Gasteiger partial charge is 0.0346 e. The van der Waals surface area contributed by atoms with Crippen LogP contribution in [0, 0.1) is 0 Å². The van der Waals surface area contributed by atoms with Crippen LogP contribution in [0.15, 0.2) is 36.7 Å². The molecule has 1 aromatic heterocycles. The molecule has 0 fully saturated rings. The topological polar surface area (TPSA) is 12.9 Å². The minimum Gasteiger partial charge on any atom is -0.264 e. The number of rotatable bonds is 5. The highest BCUT2D eigenvalue weighted by atomic mass is 14.6. The summed E-state index contributed by atoms with van der Waals surface area (Å²) in [6.45, 7) is 2.25. The van der Waals surface area contributed by atoms with Crippen molar-refractivity contribution < 1.29 is 0 Å². The average Bonchev–Trinajstić information content (AvgIpc) is 2.35. The van der Waals surface area contributed by atoms with Gasteiger partial charge in [0.05, 0.1) is 0 Å². The minimum atomic E-state index is 1.20. The number of aromatic nitrogens is 1. The maximum atomic E-state index is 4.16. The van der Waals surface area contributed by atoms with E-state index in [0.717, 1.165) is 0 Å². The van der Waals surface area contributed by atoms with Gasteiger partial charge in [0, 0.05) is 17.8 Å². The fourth-order valence-corrected chi connectivity index (χ4v) is 2.15. The number of unbranched alkanes of at least 4 members (excludes halogenated alkanes) is 3. The lowest BCUT2D eigenvalue weighted by Crippen LogP contribution is -1.88. The van der Waals surface area contributed by atoms with Gasteiger partial charge in [0.25, 0.3) is 0 Å². The van der Waals surface area contributed by atoms with Crippen LogP contribution >= 0.6 is 0 Å². The lowest BCUT2D eigenvalue weighted by atomic mass is 10.0.